The molecule has 2 unspecified atom stereocenters. The van der Waals surface area contributed by atoms with E-state index >= 15 is 0 Å². The third-order valence-corrected chi connectivity index (χ3v) is 18.1. The van der Waals surface area contributed by atoms with Gasteiger partial charge in [-0.1, -0.05) is 265 Å². The lowest BCUT2D eigenvalue weighted by Gasteiger charge is -2.21. The van der Waals surface area contributed by atoms with Gasteiger partial charge in [-0.25, -0.2) is 9.13 Å². The van der Waals surface area contributed by atoms with Gasteiger partial charge in [-0.3, -0.25) is 37.3 Å². The Labute approximate surface area is 607 Å². The van der Waals surface area contributed by atoms with Gasteiger partial charge in [-0.2, -0.15) is 0 Å². The Hall–Kier alpha value is -4.28. The molecule has 0 amide bonds. The summed E-state index contributed by atoms with van der Waals surface area (Å²) in [5, 5.41) is 10.6. The number of hydrogen-bond donors (Lipinski definition) is 3. The maximum absolute atomic E-state index is 13.1. The smallest absolute Gasteiger partial charge is 0.462 e. The zero-order valence-corrected chi connectivity index (χ0v) is 64.6. The number of rotatable bonds is 73. The molecule has 3 N–H and O–H groups in total. The van der Waals surface area contributed by atoms with Gasteiger partial charge in [0.05, 0.1) is 26.4 Å². The van der Waals surface area contributed by atoms with E-state index in [1.54, 1.807) is 0 Å². The molecule has 0 aliphatic rings. The van der Waals surface area contributed by atoms with Gasteiger partial charge >= 0.3 is 39.5 Å². The zero-order chi connectivity index (χ0) is 73.2. The normalized spacial score (nSPS) is 14.5. The Kier molecular flexibility index (Phi) is 69.9. The van der Waals surface area contributed by atoms with Crippen LogP contribution in [-0.4, -0.2) is 96.7 Å². The third-order valence-electron chi connectivity index (χ3n) is 16.2. The molecule has 0 spiro atoms. The predicted octanol–water partition coefficient (Wildman–Crippen LogP) is 22.6. The Morgan fingerprint density at radius 1 is 0.290 bits per heavy atom. The fraction of sp³-hybridized carbons (Fsp3) is 0.728. The van der Waals surface area contributed by atoms with E-state index in [0.717, 1.165) is 148 Å². The summed E-state index contributed by atoms with van der Waals surface area (Å²) in [4.78, 5) is 72.9. The number of allylic oxidation sites excluding steroid dienone is 18. The van der Waals surface area contributed by atoms with E-state index in [2.05, 4.69) is 119 Å². The average Bonchev–Trinajstić information content (AvgIpc) is 0.935. The van der Waals surface area contributed by atoms with E-state index in [-0.39, 0.29) is 25.7 Å². The number of phosphoric acid groups is 2. The van der Waals surface area contributed by atoms with Crippen LogP contribution in [-0.2, 0) is 65.4 Å². The third kappa shape index (κ3) is 72.1. The summed E-state index contributed by atoms with van der Waals surface area (Å²) in [5.74, 6) is -2.29. The van der Waals surface area contributed by atoms with Gasteiger partial charge in [0.1, 0.15) is 19.3 Å². The second-order valence-electron chi connectivity index (χ2n) is 25.9. The van der Waals surface area contributed by atoms with Crippen molar-refractivity contribution in [2.24, 2.45) is 0 Å². The monoisotopic (exact) mass is 1450 g/mol. The Balaban J connectivity index is 5.40. The first kappa shape index (κ1) is 95.7. The largest absolute Gasteiger partial charge is 0.472 e. The van der Waals surface area contributed by atoms with Gasteiger partial charge < -0.3 is 33.8 Å². The molecule has 0 rings (SSSR count). The minimum Gasteiger partial charge on any atom is -0.462 e. The van der Waals surface area contributed by atoms with Crippen LogP contribution < -0.4 is 0 Å². The van der Waals surface area contributed by atoms with Crippen LogP contribution in [0.15, 0.2) is 109 Å². The van der Waals surface area contributed by atoms with Crippen LogP contribution in [0.4, 0.5) is 0 Å². The summed E-state index contributed by atoms with van der Waals surface area (Å²) in [6.45, 7) is 4.63. The van der Waals surface area contributed by atoms with Crippen molar-refractivity contribution in [3.05, 3.63) is 109 Å². The molecule has 576 valence electrons. The molecule has 0 fully saturated rings. The minimum absolute atomic E-state index is 0.0338. The van der Waals surface area contributed by atoms with E-state index < -0.39 is 97.5 Å². The lowest BCUT2D eigenvalue weighted by atomic mass is 10.1. The quantitative estimate of drug-likeness (QED) is 0.0169. The molecule has 0 aromatic rings. The Morgan fingerprint density at radius 2 is 0.540 bits per heavy atom. The summed E-state index contributed by atoms with van der Waals surface area (Å²) in [7, 11) is -9.97. The molecule has 0 aliphatic heterocycles. The fourth-order valence-corrected chi connectivity index (χ4v) is 11.8. The van der Waals surface area contributed by atoms with Crippen LogP contribution in [0.3, 0.4) is 0 Å². The summed E-state index contributed by atoms with van der Waals surface area (Å²) in [6, 6.07) is 0. The molecule has 0 aliphatic carbocycles. The van der Waals surface area contributed by atoms with E-state index in [9.17, 15) is 43.2 Å². The number of unbranched alkanes of at least 4 members (excludes halogenated alkanes) is 29. The maximum atomic E-state index is 13.1. The van der Waals surface area contributed by atoms with Gasteiger partial charge in [-0.05, 0) is 141 Å². The summed E-state index contributed by atoms with van der Waals surface area (Å²) in [5.41, 5.74) is 0. The lowest BCUT2D eigenvalue weighted by molar-refractivity contribution is -0.161. The molecule has 0 heterocycles. The molecular weight excluding hydrogens is 1310 g/mol. The molecule has 5 atom stereocenters. The highest BCUT2D eigenvalue weighted by atomic mass is 31.2. The van der Waals surface area contributed by atoms with Crippen molar-refractivity contribution in [2.45, 2.75) is 341 Å². The standard InChI is InChI=1S/C81H140O17P2/c1-5-9-13-17-21-25-29-33-35-36-37-38-40-44-46-50-54-58-62-66-79(84)92-72-77(98-81(86)68-64-60-56-52-48-42-32-28-24-20-16-12-8-4)74-96-100(89,90)94-70-75(82)69-93-99(87,88)95-73-76(97-80(85)67-63-59-55-51-47-41-31-27-23-19-15-11-7-3)71-91-78(83)65-61-57-53-49-45-43-39-34-30-26-22-18-14-10-6-2/h9,13,21,25-28,30-33,35,37-38,44,46,54,58,75-77,82H,5-8,10-12,14-20,22-24,29,34,36,39-43,45,47-53,55-57,59-74H2,1-4H3,(H,87,88)(H,89,90)/b13-9-,25-21-,30-26-,31-27-,32-28-,35-33-,38-37-,46-44-,58-54-/t75-,76+,77+/m0/s1. The second-order valence-corrected chi connectivity index (χ2v) is 28.8. The number of phosphoric ester groups is 2. The van der Waals surface area contributed by atoms with E-state index in [4.69, 9.17) is 37.0 Å². The van der Waals surface area contributed by atoms with Gasteiger partial charge in [0.2, 0.25) is 0 Å². The Morgan fingerprint density at radius 3 is 0.860 bits per heavy atom. The number of carbonyl (C=O) groups excluding carboxylic acids is 4. The van der Waals surface area contributed by atoms with Crippen molar-refractivity contribution in [3.8, 4) is 0 Å². The van der Waals surface area contributed by atoms with Gasteiger partial charge in [-0.15, -0.1) is 0 Å². The lowest BCUT2D eigenvalue weighted by Crippen LogP contribution is -2.30. The highest BCUT2D eigenvalue weighted by Crippen LogP contribution is 2.45. The molecule has 0 saturated heterocycles. The molecule has 19 heteroatoms. The fourth-order valence-electron chi connectivity index (χ4n) is 10.2. The van der Waals surface area contributed by atoms with E-state index in [1.807, 2.05) is 18.2 Å². The van der Waals surface area contributed by atoms with Crippen LogP contribution in [0, 0.1) is 0 Å². The second kappa shape index (κ2) is 73.0. The van der Waals surface area contributed by atoms with Crippen LogP contribution >= 0.6 is 15.6 Å². The van der Waals surface area contributed by atoms with Crippen LogP contribution in [0.2, 0.25) is 0 Å². The van der Waals surface area contributed by atoms with E-state index in [0.29, 0.717) is 32.1 Å². The van der Waals surface area contributed by atoms with Crippen molar-refractivity contribution in [2.75, 3.05) is 39.6 Å². The highest BCUT2D eigenvalue weighted by Gasteiger charge is 2.30. The van der Waals surface area contributed by atoms with Gasteiger partial charge in [0.25, 0.3) is 0 Å². The number of aliphatic hydroxyl groups excluding tert-OH is 1. The first-order chi connectivity index (χ1) is 48.7. The summed E-state index contributed by atoms with van der Waals surface area (Å²) < 4.78 is 68.4. The zero-order valence-electron chi connectivity index (χ0n) is 62.8. The van der Waals surface area contributed by atoms with Crippen molar-refractivity contribution in [3.63, 3.8) is 0 Å². The number of hydrogen-bond acceptors (Lipinski definition) is 15. The molecule has 0 radical (unpaired) electrons. The topological polar surface area (TPSA) is 237 Å². The first-order valence-corrected chi connectivity index (χ1v) is 42.1. The van der Waals surface area contributed by atoms with Crippen LogP contribution in [0.25, 0.3) is 0 Å². The first-order valence-electron chi connectivity index (χ1n) is 39.1. The van der Waals surface area contributed by atoms with Gasteiger partial charge in [0, 0.05) is 25.7 Å². The molecule has 0 aromatic carbocycles. The van der Waals surface area contributed by atoms with Gasteiger partial charge in [0.15, 0.2) is 12.2 Å². The van der Waals surface area contributed by atoms with Crippen molar-refractivity contribution >= 4 is 39.5 Å². The Bertz CT molecular complexity index is 2320. The van der Waals surface area contributed by atoms with Crippen molar-refractivity contribution in [1.82, 2.24) is 0 Å². The summed E-state index contributed by atoms with van der Waals surface area (Å²) in [6.07, 6.45) is 78.0. The van der Waals surface area contributed by atoms with E-state index in [1.165, 1.54) is 89.9 Å². The molecule has 0 saturated carbocycles. The maximum Gasteiger partial charge on any atom is 0.472 e. The number of ether oxygens (including phenoxy) is 4. The average molecular weight is 1450 g/mol. The molecule has 17 nitrogen and oxygen atoms in total. The summed E-state index contributed by atoms with van der Waals surface area (Å²) >= 11 is 0. The highest BCUT2D eigenvalue weighted by molar-refractivity contribution is 7.47. The molecule has 0 bridgehead atoms. The van der Waals surface area contributed by atoms with Crippen LogP contribution in [0.5, 0.6) is 0 Å². The predicted molar refractivity (Wildman–Crippen MR) is 408 cm³/mol. The molecular formula is C81H140O17P2. The molecule has 0 aromatic heterocycles. The minimum atomic E-state index is -4.99. The van der Waals surface area contributed by atoms with Crippen molar-refractivity contribution in [1.29, 1.82) is 0 Å². The SMILES string of the molecule is CC/C=C\C/C=C\C/C=C\C/C=C\C/C=C\C/C=C\CCC(=O)OC[C@H](COP(=O)(O)OC[C@@H](O)COP(=O)(O)OC[C@@H](COC(=O)CCCCCCCCC/C=C\CCCCCC)OC(=O)CCCCCCC/C=C\CCCCCC)OC(=O)CCCCCCC/C=C\CCCCCC. The van der Waals surface area contributed by atoms with Crippen molar-refractivity contribution < 1.29 is 80.2 Å². The molecule has 100 heavy (non-hydrogen) atoms. The van der Waals surface area contributed by atoms with Crippen LogP contribution in [0.1, 0.15) is 323 Å². The number of carbonyl (C=O) groups is 4. The number of esters is 4. The number of aliphatic hydroxyl groups is 1.